The van der Waals surface area contributed by atoms with Gasteiger partial charge in [-0.1, -0.05) is 5.16 Å². The van der Waals surface area contributed by atoms with Crippen molar-refractivity contribution in [2.45, 2.75) is 6.54 Å². The quantitative estimate of drug-likeness (QED) is 0.846. The molecule has 0 aliphatic rings. The van der Waals surface area contributed by atoms with Gasteiger partial charge in [-0.3, -0.25) is 0 Å². The van der Waals surface area contributed by atoms with Crippen molar-refractivity contribution in [1.29, 1.82) is 0 Å². The van der Waals surface area contributed by atoms with E-state index in [2.05, 4.69) is 15.0 Å². The average Bonchev–Trinajstić information content (AvgIpc) is 2.73. The second-order valence-electron chi connectivity index (χ2n) is 3.02. The summed E-state index contributed by atoms with van der Waals surface area (Å²) in [6, 6.07) is 3.64. The third-order valence-electron chi connectivity index (χ3n) is 1.90. The summed E-state index contributed by atoms with van der Waals surface area (Å²) in [5, 5.41) is 6.43. The van der Waals surface area contributed by atoms with Gasteiger partial charge in [0.1, 0.15) is 6.26 Å². The third-order valence-corrected chi connectivity index (χ3v) is 1.90. The van der Waals surface area contributed by atoms with E-state index in [9.17, 15) is 8.78 Å². The lowest BCUT2D eigenvalue weighted by Gasteiger charge is -2.04. The molecule has 3 nitrogen and oxygen atoms in total. The summed E-state index contributed by atoms with van der Waals surface area (Å²) in [6.07, 6.45) is 3.03. The Morgan fingerprint density at radius 1 is 1.27 bits per heavy atom. The molecule has 2 rings (SSSR count). The fourth-order valence-electron chi connectivity index (χ4n) is 1.12. The van der Waals surface area contributed by atoms with Gasteiger partial charge in [-0.05, 0) is 12.1 Å². The van der Waals surface area contributed by atoms with Crippen LogP contribution in [0.5, 0.6) is 0 Å². The molecule has 1 N–H and O–H groups in total. The standard InChI is InChI=1S/C10H8F2N2O/c11-9-2-1-8(3-10(9)12)13-4-7-5-14-15-6-7/h1-3,5-6,13H,4H2. The van der Waals surface area contributed by atoms with E-state index in [1.807, 2.05) is 0 Å². The zero-order chi connectivity index (χ0) is 10.7. The summed E-state index contributed by atoms with van der Waals surface area (Å²) in [6.45, 7) is 0.453. The van der Waals surface area contributed by atoms with Gasteiger partial charge in [0.2, 0.25) is 0 Å². The first kappa shape index (κ1) is 9.64. The van der Waals surface area contributed by atoms with Crippen LogP contribution in [0.15, 0.2) is 35.2 Å². The second-order valence-corrected chi connectivity index (χ2v) is 3.02. The lowest BCUT2D eigenvalue weighted by Crippen LogP contribution is -1.99. The molecule has 78 valence electrons. The van der Waals surface area contributed by atoms with E-state index in [0.29, 0.717) is 12.2 Å². The molecule has 0 radical (unpaired) electrons. The number of nitrogens with zero attached hydrogens (tertiary/aromatic N) is 1. The number of benzene rings is 1. The monoisotopic (exact) mass is 210 g/mol. The van der Waals surface area contributed by atoms with Crippen LogP contribution in [0.2, 0.25) is 0 Å². The molecule has 0 fully saturated rings. The molecule has 2 aromatic rings. The van der Waals surface area contributed by atoms with Gasteiger partial charge in [-0.15, -0.1) is 0 Å². The van der Waals surface area contributed by atoms with E-state index in [1.54, 1.807) is 6.20 Å². The largest absolute Gasteiger partial charge is 0.381 e. The van der Waals surface area contributed by atoms with Crippen molar-refractivity contribution >= 4 is 5.69 Å². The normalized spacial score (nSPS) is 10.3. The molecule has 0 saturated heterocycles. The maximum Gasteiger partial charge on any atom is 0.160 e. The van der Waals surface area contributed by atoms with Gasteiger partial charge < -0.3 is 9.84 Å². The van der Waals surface area contributed by atoms with Crippen LogP contribution in [-0.4, -0.2) is 5.16 Å². The molecule has 0 amide bonds. The van der Waals surface area contributed by atoms with Crippen molar-refractivity contribution in [2.24, 2.45) is 0 Å². The zero-order valence-electron chi connectivity index (χ0n) is 7.71. The topological polar surface area (TPSA) is 38.1 Å². The van der Waals surface area contributed by atoms with Crippen LogP contribution >= 0.6 is 0 Å². The van der Waals surface area contributed by atoms with Crippen LogP contribution in [0.4, 0.5) is 14.5 Å². The van der Waals surface area contributed by atoms with E-state index in [1.165, 1.54) is 12.3 Å². The molecule has 0 aliphatic heterocycles. The molecule has 0 saturated carbocycles. The van der Waals surface area contributed by atoms with E-state index < -0.39 is 11.6 Å². The van der Waals surface area contributed by atoms with Crippen molar-refractivity contribution in [1.82, 2.24) is 5.16 Å². The van der Waals surface area contributed by atoms with E-state index in [0.717, 1.165) is 17.7 Å². The molecular formula is C10H8F2N2O. The van der Waals surface area contributed by atoms with Crippen LogP contribution in [0.3, 0.4) is 0 Å². The van der Waals surface area contributed by atoms with Gasteiger partial charge in [-0.2, -0.15) is 0 Å². The van der Waals surface area contributed by atoms with Crippen molar-refractivity contribution < 1.29 is 13.3 Å². The number of nitrogens with one attached hydrogen (secondary N) is 1. The zero-order valence-corrected chi connectivity index (χ0v) is 7.71. The summed E-state index contributed by atoms with van der Waals surface area (Å²) in [5.74, 6) is -1.73. The number of hydrogen-bond donors (Lipinski definition) is 1. The molecule has 0 aliphatic carbocycles. The van der Waals surface area contributed by atoms with Crippen LogP contribution in [0, 0.1) is 11.6 Å². The minimum absolute atomic E-state index is 0.453. The average molecular weight is 210 g/mol. The third kappa shape index (κ3) is 2.31. The molecule has 1 aromatic carbocycles. The summed E-state index contributed by atoms with van der Waals surface area (Å²) >= 11 is 0. The summed E-state index contributed by atoms with van der Waals surface area (Å²) in [4.78, 5) is 0. The minimum Gasteiger partial charge on any atom is -0.381 e. The SMILES string of the molecule is Fc1ccc(NCc2cnoc2)cc1F. The number of rotatable bonds is 3. The summed E-state index contributed by atoms with van der Waals surface area (Å²) in [7, 11) is 0. The first-order valence-corrected chi connectivity index (χ1v) is 4.33. The van der Waals surface area contributed by atoms with E-state index in [-0.39, 0.29) is 0 Å². The molecule has 5 heteroatoms. The molecule has 1 aromatic heterocycles. The van der Waals surface area contributed by atoms with Crippen molar-refractivity contribution in [3.8, 4) is 0 Å². The maximum atomic E-state index is 12.8. The molecule has 15 heavy (non-hydrogen) atoms. The van der Waals surface area contributed by atoms with Crippen LogP contribution in [0.1, 0.15) is 5.56 Å². The number of hydrogen-bond acceptors (Lipinski definition) is 3. The lowest BCUT2D eigenvalue weighted by molar-refractivity contribution is 0.419. The Morgan fingerprint density at radius 3 is 2.80 bits per heavy atom. The van der Waals surface area contributed by atoms with E-state index in [4.69, 9.17) is 0 Å². The van der Waals surface area contributed by atoms with Gasteiger partial charge >= 0.3 is 0 Å². The number of halogens is 2. The highest BCUT2D eigenvalue weighted by atomic mass is 19.2. The molecule has 1 heterocycles. The highest BCUT2D eigenvalue weighted by Gasteiger charge is 2.02. The van der Waals surface area contributed by atoms with Crippen LogP contribution in [0.25, 0.3) is 0 Å². The highest BCUT2D eigenvalue weighted by molar-refractivity contribution is 5.43. The van der Waals surface area contributed by atoms with Crippen molar-refractivity contribution in [3.05, 3.63) is 47.9 Å². The number of aromatic nitrogens is 1. The Labute approximate surface area is 84.7 Å². The molecule has 0 bridgehead atoms. The first-order chi connectivity index (χ1) is 7.25. The van der Waals surface area contributed by atoms with Crippen molar-refractivity contribution in [2.75, 3.05) is 5.32 Å². The van der Waals surface area contributed by atoms with Gasteiger partial charge in [0.05, 0.1) is 6.20 Å². The summed E-state index contributed by atoms with van der Waals surface area (Å²) < 4.78 is 30.0. The second kappa shape index (κ2) is 4.08. The first-order valence-electron chi connectivity index (χ1n) is 4.33. The van der Waals surface area contributed by atoms with Crippen molar-refractivity contribution in [3.63, 3.8) is 0 Å². The Kier molecular flexibility index (Phi) is 2.62. The smallest absolute Gasteiger partial charge is 0.160 e. The van der Waals surface area contributed by atoms with Gasteiger partial charge in [0.15, 0.2) is 11.6 Å². The number of anilines is 1. The molecule has 0 spiro atoms. The Hall–Kier alpha value is -1.91. The minimum atomic E-state index is -0.870. The molecule has 0 atom stereocenters. The van der Waals surface area contributed by atoms with Gasteiger partial charge in [0.25, 0.3) is 0 Å². The Bertz CT molecular complexity index is 443. The maximum absolute atomic E-state index is 12.8. The molecule has 0 unspecified atom stereocenters. The predicted octanol–water partition coefficient (Wildman–Crippen LogP) is 2.56. The fraction of sp³-hybridized carbons (Fsp3) is 0.100. The predicted molar refractivity (Wildman–Crippen MR) is 50.2 cm³/mol. The van der Waals surface area contributed by atoms with Gasteiger partial charge in [0, 0.05) is 23.9 Å². The van der Waals surface area contributed by atoms with Crippen LogP contribution in [-0.2, 0) is 6.54 Å². The molecular weight excluding hydrogens is 202 g/mol. The Morgan fingerprint density at radius 2 is 2.13 bits per heavy atom. The van der Waals surface area contributed by atoms with Gasteiger partial charge in [-0.25, -0.2) is 8.78 Å². The van der Waals surface area contributed by atoms with Crippen LogP contribution < -0.4 is 5.32 Å². The fourth-order valence-corrected chi connectivity index (χ4v) is 1.12. The highest BCUT2D eigenvalue weighted by Crippen LogP contribution is 2.13. The Balaban J connectivity index is 2.02. The summed E-state index contributed by atoms with van der Waals surface area (Å²) in [5.41, 5.74) is 1.34. The van der Waals surface area contributed by atoms with E-state index >= 15 is 0 Å². The lowest BCUT2D eigenvalue weighted by atomic mass is 10.3.